The molecule has 0 spiro atoms. The van der Waals surface area contributed by atoms with E-state index < -0.39 is 24.2 Å². The number of pyridine rings is 1. The highest BCUT2D eigenvalue weighted by Crippen LogP contribution is 2.32. The Hall–Kier alpha value is -6.55. The number of aromatic amines is 1. The topological polar surface area (TPSA) is 201 Å². The maximum atomic E-state index is 13.2. The number of nitrogens with one attached hydrogen (secondary N) is 3. The van der Waals surface area contributed by atoms with Gasteiger partial charge >= 0.3 is 12.1 Å². The average Bonchev–Trinajstić information content (AvgIpc) is 3.77. The van der Waals surface area contributed by atoms with E-state index in [2.05, 4.69) is 30.7 Å². The number of aliphatic hydroxyl groups excluding tert-OH is 1. The number of phenolic OH excluding ortho intramolecular Hbond substituents is 1. The number of hydrogen-bond acceptors (Lipinski definition) is 13. The number of amides is 1. The van der Waals surface area contributed by atoms with E-state index in [9.17, 15) is 24.6 Å². The highest BCUT2D eigenvalue weighted by Gasteiger charge is 2.37. The lowest BCUT2D eigenvalue weighted by Crippen LogP contribution is -2.52. The number of unbranched alkanes of at least 4 members (excludes halogenated alkanes) is 1. The van der Waals surface area contributed by atoms with E-state index in [0.717, 1.165) is 43.6 Å². The van der Waals surface area contributed by atoms with E-state index in [4.69, 9.17) is 18.7 Å². The van der Waals surface area contributed by atoms with E-state index >= 15 is 0 Å². The van der Waals surface area contributed by atoms with E-state index in [1.54, 1.807) is 36.4 Å². The summed E-state index contributed by atoms with van der Waals surface area (Å²) < 4.78 is 22.9. The second-order valence-electron chi connectivity index (χ2n) is 15.4. The first-order valence-corrected chi connectivity index (χ1v) is 20.6. The summed E-state index contributed by atoms with van der Waals surface area (Å²) in [4.78, 5) is 47.0. The summed E-state index contributed by atoms with van der Waals surface area (Å²) in [5.74, 6) is 1.05. The molecule has 6 aromatic rings. The van der Waals surface area contributed by atoms with Gasteiger partial charge < -0.3 is 44.6 Å². The molecule has 4 aromatic carbocycles. The fraction of sp³-hybridized carbons (Fsp3) is 0.326. The largest absolute Gasteiger partial charge is 0.506 e. The van der Waals surface area contributed by atoms with Gasteiger partial charge in [0.15, 0.2) is 6.61 Å². The molecule has 5 N–H and O–H groups in total. The number of H-pyrrole nitrogens is 1. The summed E-state index contributed by atoms with van der Waals surface area (Å²) in [5.41, 5.74) is 3.31. The van der Waals surface area contributed by atoms with Crippen molar-refractivity contribution in [2.24, 2.45) is 5.92 Å². The molecule has 2 aromatic heterocycles. The number of aromatic nitrogens is 3. The molecular formula is C46H48N6O9. The molecule has 15 nitrogen and oxygen atoms in total. The maximum Gasteiger partial charge on any atom is 0.408 e. The van der Waals surface area contributed by atoms with Crippen LogP contribution in [0, 0.1) is 5.92 Å². The zero-order valence-corrected chi connectivity index (χ0v) is 33.5. The number of hydrogen-bond donors (Lipinski definition) is 5. The van der Waals surface area contributed by atoms with Crippen LogP contribution < -0.4 is 20.9 Å². The normalized spacial score (nSPS) is 18.0. The van der Waals surface area contributed by atoms with Gasteiger partial charge in [-0.15, -0.1) is 0 Å². The van der Waals surface area contributed by atoms with Crippen molar-refractivity contribution in [3.05, 3.63) is 142 Å². The Labute approximate surface area is 351 Å². The number of aromatic hydroxyl groups is 1. The van der Waals surface area contributed by atoms with Gasteiger partial charge in [0.2, 0.25) is 11.4 Å². The number of fused-ring (bicyclic) bond motifs is 4. The number of benzene rings is 4. The average molecular weight is 829 g/mol. The number of piperidine rings is 3. The fourth-order valence-electron chi connectivity index (χ4n) is 7.95. The SMILES string of the molecule is O=C(NC(c1ccccc1)c1cccc(OCc2nc(-c3ccc(C(=O)OCCCCNCC(O)c4ccc(O)c5[nH]c(=O)ccc45)cc3)no2)c1)OC1CN2CCC1CC2. The molecule has 61 heavy (non-hydrogen) atoms. The van der Waals surface area contributed by atoms with Crippen LogP contribution in [0.1, 0.15) is 70.8 Å². The molecule has 316 valence electrons. The number of rotatable bonds is 17. The van der Waals surface area contributed by atoms with Crippen molar-refractivity contribution in [2.45, 2.75) is 50.5 Å². The van der Waals surface area contributed by atoms with Gasteiger partial charge in [0.1, 0.15) is 17.6 Å². The quantitative estimate of drug-likeness (QED) is 0.0528. The number of ether oxygens (including phenoxy) is 3. The smallest absolute Gasteiger partial charge is 0.408 e. The van der Waals surface area contributed by atoms with Crippen LogP contribution in [-0.2, 0) is 16.1 Å². The lowest BCUT2D eigenvalue weighted by atomic mass is 9.86. The van der Waals surface area contributed by atoms with Crippen LogP contribution in [0.4, 0.5) is 4.79 Å². The van der Waals surface area contributed by atoms with E-state index in [1.807, 2.05) is 54.6 Å². The minimum atomic E-state index is -0.855. The summed E-state index contributed by atoms with van der Waals surface area (Å²) in [7, 11) is 0. The standard InChI is InChI=1S/C46H48N6O9/c53-37-17-15-35(36-16-18-40(55)48-43(36)37)38(54)26-47-21-4-5-24-58-45(56)32-13-11-31(12-14-32)44-49-41(61-51-44)28-59-34-10-6-9-33(25-34)42(30-7-2-1-3-8-30)50-46(57)60-39-27-52-22-19-29(39)20-23-52/h1-3,6-18,25,29,38-39,42,47,53-54H,4-5,19-24,26-28H2,(H,48,55)(H,50,57). The third-order valence-corrected chi connectivity index (χ3v) is 11.2. The number of carbonyl (C=O) groups is 2. The molecule has 3 saturated heterocycles. The van der Waals surface area contributed by atoms with Crippen LogP contribution >= 0.6 is 0 Å². The van der Waals surface area contributed by atoms with Gasteiger partial charge in [0, 0.05) is 30.1 Å². The predicted octanol–water partition coefficient (Wildman–Crippen LogP) is 6.03. The minimum absolute atomic E-state index is 0.0146. The number of alkyl carbamates (subject to hydrolysis) is 1. The molecule has 15 heteroatoms. The number of nitrogens with zero attached hydrogens (tertiary/aromatic N) is 3. The molecule has 3 aliphatic rings. The molecule has 3 aliphatic heterocycles. The molecule has 9 rings (SSSR count). The number of phenols is 1. The number of aliphatic hydroxyl groups is 1. The van der Waals surface area contributed by atoms with Gasteiger partial charge in [-0.3, -0.25) is 9.69 Å². The third-order valence-electron chi connectivity index (χ3n) is 11.2. The first kappa shape index (κ1) is 41.2. The van der Waals surface area contributed by atoms with Gasteiger partial charge in [-0.05, 0) is 104 Å². The molecule has 2 bridgehead atoms. The maximum absolute atomic E-state index is 13.2. The van der Waals surface area contributed by atoms with Gasteiger partial charge in [0.05, 0.1) is 29.8 Å². The summed E-state index contributed by atoms with van der Waals surface area (Å²) >= 11 is 0. The molecule has 0 saturated carbocycles. The van der Waals surface area contributed by atoms with E-state index in [0.29, 0.717) is 59.0 Å². The fourth-order valence-corrected chi connectivity index (χ4v) is 7.95. The Bertz CT molecular complexity index is 2480. The van der Waals surface area contributed by atoms with Crippen LogP contribution in [0.25, 0.3) is 22.3 Å². The van der Waals surface area contributed by atoms with Gasteiger partial charge in [-0.25, -0.2) is 9.59 Å². The molecule has 3 unspecified atom stereocenters. The van der Waals surface area contributed by atoms with Crippen LogP contribution in [0.2, 0.25) is 0 Å². The number of carbonyl (C=O) groups excluding carboxylic acids is 2. The van der Waals surface area contributed by atoms with Crippen LogP contribution in [0.3, 0.4) is 0 Å². The van der Waals surface area contributed by atoms with Crippen molar-refractivity contribution in [2.75, 3.05) is 39.3 Å². The molecule has 0 radical (unpaired) electrons. The Morgan fingerprint density at radius 3 is 2.52 bits per heavy atom. The predicted molar refractivity (Wildman–Crippen MR) is 225 cm³/mol. The van der Waals surface area contributed by atoms with Gasteiger partial charge in [-0.2, -0.15) is 4.98 Å². The second kappa shape index (κ2) is 19.2. The summed E-state index contributed by atoms with van der Waals surface area (Å²) in [6, 6.07) is 29.5. The monoisotopic (exact) mass is 828 g/mol. The Morgan fingerprint density at radius 1 is 0.934 bits per heavy atom. The third kappa shape index (κ3) is 10.3. The zero-order chi connectivity index (χ0) is 42.1. The first-order valence-electron chi connectivity index (χ1n) is 20.6. The van der Waals surface area contributed by atoms with Gasteiger partial charge in [-0.1, -0.05) is 65.8 Å². The van der Waals surface area contributed by atoms with Crippen molar-refractivity contribution in [3.8, 4) is 22.9 Å². The second-order valence-corrected chi connectivity index (χ2v) is 15.4. The van der Waals surface area contributed by atoms with E-state index in [-0.39, 0.29) is 48.6 Å². The summed E-state index contributed by atoms with van der Waals surface area (Å²) in [5, 5.41) is 31.8. The van der Waals surface area contributed by atoms with Crippen LogP contribution in [0.5, 0.6) is 11.5 Å². The molecular weight excluding hydrogens is 781 g/mol. The highest BCUT2D eigenvalue weighted by atomic mass is 16.6. The van der Waals surface area contributed by atoms with Crippen molar-refractivity contribution >= 4 is 23.0 Å². The first-order chi connectivity index (χ1) is 29.8. The van der Waals surface area contributed by atoms with Crippen LogP contribution in [0.15, 0.2) is 112 Å². The Morgan fingerprint density at radius 2 is 1.74 bits per heavy atom. The Balaban J connectivity index is 0.780. The van der Waals surface area contributed by atoms with Crippen molar-refractivity contribution in [1.29, 1.82) is 0 Å². The number of esters is 1. The zero-order valence-electron chi connectivity index (χ0n) is 33.5. The van der Waals surface area contributed by atoms with E-state index in [1.165, 1.54) is 12.1 Å². The summed E-state index contributed by atoms with van der Waals surface area (Å²) in [6.45, 7) is 4.01. The summed E-state index contributed by atoms with van der Waals surface area (Å²) in [6.07, 6.45) is 2.03. The minimum Gasteiger partial charge on any atom is -0.506 e. The Kier molecular flexibility index (Phi) is 13.0. The van der Waals surface area contributed by atoms with Crippen LogP contribution in [-0.4, -0.2) is 87.7 Å². The van der Waals surface area contributed by atoms with Crippen molar-refractivity contribution < 1.29 is 38.5 Å². The molecule has 3 atom stereocenters. The lowest BCUT2D eigenvalue weighted by molar-refractivity contribution is -0.0336. The highest BCUT2D eigenvalue weighted by molar-refractivity contribution is 5.90. The van der Waals surface area contributed by atoms with Crippen molar-refractivity contribution in [3.63, 3.8) is 0 Å². The lowest BCUT2D eigenvalue weighted by Gasteiger charge is -2.43. The molecule has 0 aliphatic carbocycles. The van der Waals surface area contributed by atoms with Gasteiger partial charge in [0.25, 0.3) is 5.89 Å². The molecule has 1 amide bonds. The molecule has 5 heterocycles. The van der Waals surface area contributed by atoms with Crippen molar-refractivity contribution in [1.82, 2.24) is 30.7 Å². The molecule has 3 fully saturated rings.